The number of ether oxygens (including phenoxy) is 6. The van der Waals surface area contributed by atoms with Gasteiger partial charge in [-0.05, 0) is 196 Å². The number of carboxylic acid groups (broad SMARTS) is 2. The summed E-state index contributed by atoms with van der Waals surface area (Å²) in [5, 5.41) is 19.3. The van der Waals surface area contributed by atoms with Gasteiger partial charge < -0.3 is 58.6 Å². The number of rotatable bonds is 18. The third-order valence-corrected chi connectivity index (χ3v) is 21.4. The zero-order valence-electron chi connectivity index (χ0n) is 61.7. The maximum atomic E-state index is 13.7. The molecular formula is C82H84N8O16. The molecule has 6 N–H and O–H groups in total. The smallest absolute Gasteiger partial charge is 0.334 e. The van der Waals surface area contributed by atoms with Crippen molar-refractivity contribution in [2.24, 2.45) is 11.8 Å². The number of aliphatic carboxylic acids is 2. The van der Waals surface area contributed by atoms with Crippen molar-refractivity contribution < 1.29 is 77.0 Å². The minimum absolute atomic E-state index is 0.0837. The van der Waals surface area contributed by atoms with Gasteiger partial charge >= 0.3 is 47.8 Å². The molecule has 16 bridgehead atoms. The third-order valence-electron chi connectivity index (χ3n) is 21.4. The summed E-state index contributed by atoms with van der Waals surface area (Å²) in [6.07, 6.45) is 11.6. The molecule has 0 aromatic carbocycles. The molecule has 0 fully saturated rings. The quantitative estimate of drug-likeness (QED) is 0.0344. The highest BCUT2D eigenvalue weighted by Gasteiger charge is 2.55. The summed E-state index contributed by atoms with van der Waals surface area (Å²) in [6.45, 7) is 23.5. The van der Waals surface area contributed by atoms with Gasteiger partial charge in [-0.3, -0.25) is 38.7 Å². The van der Waals surface area contributed by atoms with Crippen LogP contribution in [-0.4, -0.2) is 140 Å². The molecule has 24 heteroatoms. The van der Waals surface area contributed by atoms with Crippen molar-refractivity contribution in [3.8, 4) is 0 Å². The summed E-state index contributed by atoms with van der Waals surface area (Å²) < 4.78 is 30.7. The van der Waals surface area contributed by atoms with Gasteiger partial charge in [0.2, 0.25) is 0 Å². The number of aromatic nitrogens is 8. The van der Waals surface area contributed by atoms with Gasteiger partial charge in [-0.15, -0.1) is 0 Å². The van der Waals surface area contributed by atoms with Crippen molar-refractivity contribution in [2.75, 3.05) is 42.7 Å². The van der Waals surface area contributed by atoms with Crippen LogP contribution in [-0.2, 0) is 96.9 Å². The van der Waals surface area contributed by atoms with Crippen LogP contribution in [0.3, 0.4) is 0 Å². The van der Waals surface area contributed by atoms with Gasteiger partial charge in [-0.1, -0.05) is 49.6 Å². The highest BCUT2D eigenvalue weighted by Crippen LogP contribution is 2.55. The topological polar surface area (TPSA) is 347 Å². The van der Waals surface area contributed by atoms with Gasteiger partial charge in [0.15, 0.2) is 0 Å². The molecule has 0 unspecified atom stereocenters. The van der Waals surface area contributed by atoms with Crippen LogP contribution in [0.25, 0.3) is 83.6 Å². The number of carbonyl (C=O) groups excluding carboxylic acids is 6. The molecule has 4 aliphatic heterocycles. The lowest BCUT2D eigenvalue weighted by molar-refractivity contribution is -0.149. The zero-order chi connectivity index (χ0) is 76.7. The molecule has 6 aromatic heterocycles. The van der Waals surface area contributed by atoms with E-state index in [1.54, 1.807) is 36.5 Å². The number of fused-ring (bicyclic) bond motifs is 22. The highest BCUT2D eigenvalue weighted by atomic mass is 16.5. The zero-order valence-corrected chi connectivity index (χ0v) is 61.7. The molecule has 0 amide bonds. The predicted octanol–water partition coefficient (Wildman–Crippen LogP) is 13.1. The summed E-state index contributed by atoms with van der Waals surface area (Å²) >= 11 is 0. The predicted molar refractivity (Wildman–Crippen MR) is 402 cm³/mol. The van der Waals surface area contributed by atoms with E-state index in [9.17, 15) is 48.6 Å². The van der Waals surface area contributed by atoms with Crippen LogP contribution in [0.15, 0.2) is 103 Å². The van der Waals surface area contributed by atoms with E-state index in [-0.39, 0.29) is 61.6 Å². The van der Waals surface area contributed by atoms with Crippen LogP contribution in [0.5, 0.6) is 0 Å². The van der Waals surface area contributed by atoms with Crippen LogP contribution in [0.4, 0.5) is 0 Å². The fourth-order valence-electron chi connectivity index (χ4n) is 15.4. The third kappa shape index (κ3) is 13.4. The van der Waals surface area contributed by atoms with E-state index >= 15 is 0 Å². The Morgan fingerprint density at radius 1 is 0.425 bits per heavy atom. The highest BCUT2D eigenvalue weighted by molar-refractivity contribution is 6.04. The molecule has 10 heterocycles. The number of H-pyrrole nitrogens is 4. The molecule has 6 aromatic rings. The number of aromatic amines is 4. The second-order valence-corrected chi connectivity index (χ2v) is 27.0. The van der Waals surface area contributed by atoms with Crippen molar-refractivity contribution in [2.45, 2.75) is 118 Å². The fraction of sp³-hybridized carbons (Fsp3) is 0.317. The number of aryl methyl sites for hydroxylation is 7. The van der Waals surface area contributed by atoms with Crippen molar-refractivity contribution in [1.82, 2.24) is 39.9 Å². The Balaban J connectivity index is 0.000000212. The van der Waals surface area contributed by atoms with Crippen LogP contribution >= 0.6 is 0 Å². The summed E-state index contributed by atoms with van der Waals surface area (Å²) in [5.74, 6) is -7.34. The Kier molecular flexibility index (Phi) is 21.2. The molecule has 0 saturated carbocycles. The standard InChI is InChI=1S/2C41H42N4O8/c1-9-23-20(2)29-17-34-27-13-10-26(39(49)52-7)38(40(50)53-8)41(27,5)35(45-34)19-30-22(4)24(11-14-36(46)47)32(44-30)18-33-25(12-15-37(48)51-6)21(3)28(43-33)16-31(23)42-29;1-9-23-20(2)29-17-34-27-13-10-26(39(49)52-7)38(40(50)53-8)41(27,5)35(45-34)19-30-22(4)25(12-15-37(48)51-6)33(44-30)18-32-24(11-14-36(46)47)21(3)28(43-32)16-31(23)42-29/h9-10,13,16-19,38,43-44H,1,11-12,14-15H2,2-8H3,(H,46,47);9-10,13,16-19,38,42,44H,1,11-12,14-15H2,2-8H3,(H,46,47)/t2*38-,41+/m00/s1. The van der Waals surface area contributed by atoms with Crippen molar-refractivity contribution >= 4 is 131 Å². The summed E-state index contributed by atoms with van der Waals surface area (Å²) in [6, 6.07) is 15.2. The van der Waals surface area contributed by atoms with Gasteiger partial charge in [0, 0.05) is 81.0 Å². The number of allylic oxidation sites excluding steroid dienone is 11. The Labute approximate surface area is 610 Å². The van der Waals surface area contributed by atoms with Crippen LogP contribution in [0.1, 0.15) is 150 Å². The molecule has 0 spiro atoms. The molecule has 6 aliphatic rings. The molecule has 2 aliphatic carbocycles. The first kappa shape index (κ1) is 75.1. The maximum Gasteiger partial charge on any atom is 0.334 e. The van der Waals surface area contributed by atoms with Crippen molar-refractivity contribution in [1.29, 1.82) is 0 Å². The number of nitrogens with zero attached hydrogens (tertiary/aromatic N) is 4. The first-order valence-corrected chi connectivity index (χ1v) is 34.4. The monoisotopic (exact) mass is 1440 g/mol. The minimum Gasteiger partial charge on any atom is -0.481 e. The summed E-state index contributed by atoms with van der Waals surface area (Å²) in [5.41, 5.74) is 19.8. The van der Waals surface area contributed by atoms with Gasteiger partial charge in [-0.2, -0.15) is 0 Å². The molecule has 0 radical (unpaired) electrons. The first-order valence-electron chi connectivity index (χ1n) is 34.4. The number of hydrogen-bond donors (Lipinski definition) is 6. The van der Waals surface area contributed by atoms with Crippen LogP contribution in [0, 0.1) is 39.5 Å². The maximum absolute atomic E-state index is 13.7. The summed E-state index contributed by atoms with van der Waals surface area (Å²) in [4.78, 5) is 136. The van der Waals surface area contributed by atoms with Gasteiger partial charge in [-0.25, -0.2) is 19.6 Å². The Hall–Kier alpha value is -12.1. The van der Waals surface area contributed by atoms with E-state index in [1.807, 2.05) is 104 Å². The number of carbonyl (C=O) groups is 8. The molecular weight excluding hydrogens is 1350 g/mol. The fourth-order valence-corrected chi connectivity index (χ4v) is 15.4. The SMILES string of the molecule is C=CC1=C(C)c2cc3nc(cc4[nH]c(cc5[nH]c(cc1n2)c(C)c5CCC(=O)OC)c(CCC(=O)O)c4C)[C@@]1(C)C3=CC=C(C(=O)OC)[C@H]1C(=O)OC.C=Cc1c(C)c2cc3nc(cc4[nH]c(cc5nc(cc1[nH]2)C(C)=C5CCC(=O)O)c(CCC(=O)OC)c4C)[C@@]1(C)C3=CC=C(C(=O)OC)[C@H]1C(=O)OC. The van der Waals surface area contributed by atoms with Crippen molar-refractivity contribution in [3.05, 3.63) is 193 Å². The van der Waals surface area contributed by atoms with E-state index in [0.717, 1.165) is 88.9 Å². The second kappa shape index (κ2) is 29.9. The Morgan fingerprint density at radius 2 is 0.821 bits per heavy atom. The van der Waals surface area contributed by atoms with E-state index in [2.05, 4.69) is 33.1 Å². The number of esters is 6. The summed E-state index contributed by atoms with van der Waals surface area (Å²) in [7, 11) is 7.78. The van der Waals surface area contributed by atoms with Crippen LogP contribution < -0.4 is 0 Å². The Morgan fingerprint density at radius 3 is 1.27 bits per heavy atom. The van der Waals surface area contributed by atoms with E-state index < -0.39 is 58.5 Å². The average Bonchev–Trinajstić information content (AvgIpc) is 1.58. The molecule has 548 valence electrons. The number of nitrogens with one attached hydrogen (secondary N) is 4. The van der Waals surface area contributed by atoms with E-state index in [4.69, 9.17) is 48.4 Å². The molecule has 0 saturated heterocycles. The number of hydrogen-bond acceptors (Lipinski definition) is 18. The van der Waals surface area contributed by atoms with E-state index in [1.165, 1.54) is 42.7 Å². The Bertz CT molecular complexity index is 5410. The minimum atomic E-state index is -1.18. The van der Waals surface area contributed by atoms with Gasteiger partial charge in [0.25, 0.3) is 0 Å². The van der Waals surface area contributed by atoms with E-state index in [0.29, 0.717) is 91.6 Å². The van der Waals surface area contributed by atoms with Gasteiger partial charge in [0.1, 0.15) is 11.8 Å². The largest absolute Gasteiger partial charge is 0.481 e. The molecule has 24 nitrogen and oxygen atoms in total. The normalized spacial score (nSPS) is 17.8. The first-order chi connectivity index (χ1) is 50.5. The molecule has 4 atom stereocenters. The van der Waals surface area contributed by atoms with Gasteiger partial charge in [0.05, 0.1) is 110 Å². The average molecular weight is 1440 g/mol. The lowest BCUT2D eigenvalue weighted by atomic mass is 9.64. The second-order valence-electron chi connectivity index (χ2n) is 27.0. The lowest BCUT2D eigenvalue weighted by Gasteiger charge is -2.36. The van der Waals surface area contributed by atoms with Crippen molar-refractivity contribution in [3.63, 3.8) is 0 Å². The number of carboxylic acids is 2. The molecule has 106 heavy (non-hydrogen) atoms. The van der Waals surface area contributed by atoms with Crippen LogP contribution in [0.2, 0.25) is 0 Å². The number of methoxy groups -OCH3 is 6. The lowest BCUT2D eigenvalue weighted by Crippen LogP contribution is -2.42. The molecule has 12 rings (SSSR count).